The quantitative estimate of drug-likeness (QED) is 0.394. The molecule has 2 aromatic heterocycles. The van der Waals surface area contributed by atoms with Crippen LogP contribution in [-0.2, 0) is 0 Å². The van der Waals surface area contributed by atoms with Crippen LogP contribution in [0.5, 0.6) is 0 Å². The molecule has 0 radical (unpaired) electrons. The highest BCUT2D eigenvalue weighted by Crippen LogP contribution is 2.36. The zero-order chi connectivity index (χ0) is 16.5. The van der Waals surface area contributed by atoms with Gasteiger partial charge >= 0.3 is 0 Å². The van der Waals surface area contributed by atoms with Crippen molar-refractivity contribution in [1.29, 1.82) is 0 Å². The van der Waals surface area contributed by atoms with E-state index in [0.717, 1.165) is 27.5 Å². The molecule has 0 unspecified atom stereocenters. The van der Waals surface area contributed by atoms with Gasteiger partial charge in [0.05, 0.1) is 5.39 Å². The molecule has 2 aromatic carbocycles. The van der Waals surface area contributed by atoms with Gasteiger partial charge in [0, 0.05) is 14.1 Å². The van der Waals surface area contributed by atoms with Crippen LogP contribution >= 0.6 is 33.9 Å². The van der Waals surface area contributed by atoms with Gasteiger partial charge in [0.2, 0.25) is 0 Å². The Kier molecular flexibility index (Phi) is 4.20. The van der Waals surface area contributed by atoms with Crippen LogP contribution in [0.3, 0.4) is 0 Å². The monoisotopic (exact) mass is 443 g/mol. The Morgan fingerprint density at radius 1 is 0.958 bits per heavy atom. The van der Waals surface area contributed by atoms with Crippen LogP contribution in [0.4, 0.5) is 11.5 Å². The van der Waals surface area contributed by atoms with Crippen LogP contribution in [-0.4, -0.2) is 9.97 Å². The minimum atomic E-state index is 0.775. The van der Waals surface area contributed by atoms with E-state index in [-0.39, 0.29) is 0 Å². The summed E-state index contributed by atoms with van der Waals surface area (Å²) in [5.41, 5.74) is 2.24. The van der Waals surface area contributed by atoms with Crippen LogP contribution in [0.15, 0.2) is 60.7 Å². The molecule has 0 saturated heterocycles. The Hall–Kier alpha value is -1.99. The fourth-order valence-corrected chi connectivity index (χ4v) is 3.98. The van der Waals surface area contributed by atoms with Crippen LogP contribution in [0.25, 0.3) is 20.7 Å². The normalized spacial score (nSPS) is 10.9. The summed E-state index contributed by atoms with van der Waals surface area (Å²) in [5.74, 6) is 1.63. The van der Waals surface area contributed by atoms with Crippen molar-refractivity contribution in [3.63, 3.8) is 0 Å². The third-order valence-electron chi connectivity index (χ3n) is 3.67. The third-order valence-corrected chi connectivity index (χ3v) is 5.47. The van der Waals surface area contributed by atoms with Crippen molar-refractivity contribution < 1.29 is 0 Å². The van der Waals surface area contributed by atoms with E-state index in [1.54, 1.807) is 11.3 Å². The molecular weight excluding hydrogens is 429 g/mol. The first-order chi connectivity index (χ1) is 11.7. The molecule has 4 rings (SSSR count). The number of fused-ring (bicyclic) bond motifs is 1. The van der Waals surface area contributed by atoms with Crippen molar-refractivity contribution in [2.24, 2.45) is 0 Å². The predicted molar refractivity (Wildman–Crippen MR) is 110 cm³/mol. The minimum absolute atomic E-state index is 0.775. The maximum Gasteiger partial charge on any atom is 0.142 e. The molecule has 1 N–H and O–H groups in total. The lowest BCUT2D eigenvalue weighted by molar-refractivity contribution is 1.10. The zero-order valence-corrected chi connectivity index (χ0v) is 15.9. The molecule has 0 aliphatic heterocycles. The maximum atomic E-state index is 4.61. The molecule has 0 amide bonds. The molecule has 0 atom stereocenters. The summed E-state index contributed by atoms with van der Waals surface area (Å²) in [5, 5.41) is 4.49. The van der Waals surface area contributed by atoms with Crippen molar-refractivity contribution in [2.45, 2.75) is 6.92 Å². The Balaban J connectivity index is 1.80. The molecule has 24 heavy (non-hydrogen) atoms. The lowest BCUT2D eigenvalue weighted by atomic mass is 10.2. The van der Waals surface area contributed by atoms with Crippen molar-refractivity contribution in [2.75, 3.05) is 5.32 Å². The molecule has 0 spiro atoms. The summed E-state index contributed by atoms with van der Waals surface area (Å²) in [7, 11) is 0. The van der Waals surface area contributed by atoms with Gasteiger partial charge in [-0.2, -0.15) is 0 Å². The largest absolute Gasteiger partial charge is 0.340 e. The summed E-state index contributed by atoms with van der Waals surface area (Å²) >= 11 is 4.00. The summed E-state index contributed by atoms with van der Waals surface area (Å²) in [6, 6.07) is 20.9. The number of anilines is 2. The van der Waals surface area contributed by atoms with Crippen LogP contribution in [0.1, 0.15) is 5.82 Å². The van der Waals surface area contributed by atoms with E-state index in [2.05, 4.69) is 92.5 Å². The van der Waals surface area contributed by atoms with Gasteiger partial charge in [-0.3, -0.25) is 0 Å². The van der Waals surface area contributed by atoms with Gasteiger partial charge in [-0.25, -0.2) is 9.97 Å². The molecule has 2 heterocycles. The van der Waals surface area contributed by atoms with E-state index in [1.165, 1.54) is 14.0 Å². The van der Waals surface area contributed by atoms with Gasteiger partial charge in [0.1, 0.15) is 16.5 Å². The second kappa shape index (κ2) is 6.49. The number of hydrogen-bond acceptors (Lipinski definition) is 4. The van der Waals surface area contributed by atoms with Gasteiger partial charge in [-0.15, -0.1) is 11.3 Å². The highest BCUT2D eigenvalue weighted by Gasteiger charge is 2.12. The lowest BCUT2D eigenvalue weighted by Crippen LogP contribution is -1.97. The molecule has 0 fully saturated rings. The number of aryl methyl sites for hydroxylation is 1. The highest BCUT2D eigenvalue weighted by atomic mass is 127. The number of hydrogen-bond donors (Lipinski definition) is 1. The molecule has 118 valence electrons. The average Bonchev–Trinajstić information content (AvgIpc) is 3.02. The number of benzene rings is 2. The van der Waals surface area contributed by atoms with Crippen LogP contribution in [0.2, 0.25) is 0 Å². The first kappa shape index (κ1) is 15.5. The van der Waals surface area contributed by atoms with Gasteiger partial charge in [-0.1, -0.05) is 30.3 Å². The van der Waals surface area contributed by atoms with E-state index >= 15 is 0 Å². The van der Waals surface area contributed by atoms with Crippen LogP contribution in [0, 0.1) is 10.5 Å². The molecule has 3 nitrogen and oxygen atoms in total. The smallest absolute Gasteiger partial charge is 0.142 e. The fourth-order valence-electron chi connectivity index (χ4n) is 2.54. The summed E-state index contributed by atoms with van der Waals surface area (Å²) in [6.45, 7) is 1.93. The van der Waals surface area contributed by atoms with E-state index in [4.69, 9.17) is 0 Å². The van der Waals surface area contributed by atoms with Crippen LogP contribution < -0.4 is 5.32 Å². The molecule has 4 aromatic rings. The van der Waals surface area contributed by atoms with Gasteiger partial charge in [0.15, 0.2) is 0 Å². The van der Waals surface area contributed by atoms with Crippen molar-refractivity contribution >= 4 is 55.6 Å². The number of nitrogens with zero attached hydrogens (tertiary/aromatic N) is 2. The van der Waals surface area contributed by atoms with Crippen molar-refractivity contribution in [1.82, 2.24) is 9.97 Å². The zero-order valence-electron chi connectivity index (χ0n) is 13.0. The lowest BCUT2D eigenvalue weighted by Gasteiger charge is -2.07. The van der Waals surface area contributed by atoms with Gasteiger partial charge < -0.3 is 5.32 Å². The number of halogens is 1. The van der Waals surface area contributed by atoms with Crippen molar-refractivity contribution in [3.05, 3.63) is 70.1 Å². The standard InChI is InChI=1S/C19H14IN3S/c1-12-21-18(23-15-9-7-14(20)8-10-15)16-11-17(24-19(16)22-12)13-5-3-2-4-6-13/h2-11H,1H3,(H,21,22,23). The third kappa shape index (κ3) is 3.14. The van der Waals surface area contributed by atoms with E-state index in [1.807, 2.05) is 13.0 Å². The molecule has 0 saturated carbocycles. The van der Waals surface area contributed by atoms with Crippen molar-refractivity contribution in [3.8, 4) is 10.4 Å². The Morgan fingerprint density at radius 3 is 2.46 bits per heavy atom. The Labute approximate surface area is 157 Å². The molecule has 0 bridgehead atoms. The molecule has 0 aliphatic rings. The minimum Gasteiger partial charge on any atom is -0.340 e. The molecule has 0 aliphatic carbocycles. The number of thiophene rings is 1. The summed E-state index contributed by atoms with van der Waals surface area (Å²) in [4.78, 5) is 11.4. The second-order valence-corrected chi connectivity index (χ2v) is 7.72. The second-order valence-electron chi connectivity index (χ2n) is 5.45. The first-order valence-corrected chi connectivity index (χ1v) is 9.45. The Morgan fingerprint density at radius 2 is 1.71 bits per heavy atom. The van der Waals surface area contributed by atoms with Gasteiger partial charge in [0.25, 0.3) is 0 Å². The first-order valence-electron chi connectivity index (χ1n) is 7.55. The van der Waals surface area contributed by atoms with E-state index < -0.39 is 0 Å². The van der Waals surface area contributed by atoms with E-state index in [0.29, 0.717) is 0 Å². The topological polar surface area (TPSA) is 37.8 Å². The maximum absolute atomic E-state index is 4.61. The fraction of sp³-hybridized carbons (Fsp3) is 0.0526. The Bertz CT molecular complexity index is 994. The SMILES string of the molecule is Cc1nc(Nc2ccc(I)cc2)c2cc(-c3ccccc3)sc2n1. The number of aromatic nitrogens is 2. The highest BCUT2D eigenvalue weighted by molar-refractivity contribution is 14.1. The summed E-state index contributed by atoms with van der Waals surface area (Å²) in [6.07, 6.45) is 0. The average molecular weight is 443 g/mol. The van der Waals surface area contributed by atoms with Gasteiger partial charge in [-0.05, 0) is 65.4 Å². The summed E-state index contributed by atoms with van der Waals surface area (Å²) < 4.78 is 1.21. The molecule has 5 heteroatoms. The number of rotatable bonds is 3. The predicted octanol–water partition coefficient (Wildman–Crippen LogP) is 6.01. The molecular formula is C19H14IN3S. The van der Waals surface area contributed by atoms with E-state index in [9.17, 15) is 0 Å². The number of nitrogens with one attached hydrogen (secondary N) is 1.